The molecule has 3 N–H and O–H groups in total. The molecule has 0 aromatic carbocycles. The Morgan fingerprint density at radius 3 is 2.76 bits per heavy atom. The minimum atomic E-state index is -1.78. The SMILES string of the molecule is CCCC(=O)C1=C(N)C=CC(O)(C(=O)OC)C1. The van der Waals surface area contributed by atoms with Crippen molar-refractivity contribution in [3.63, 3.8) is 0 Å². The van der Waals surface area contributed by atoms with Crippen LogP contribution in [0.4, 0.5) is 0 Å². The van der Waals surface area contributed by atoms with E-state index in [4.69, 9.17) is 5.73 Å². The third-order valence-corrected chi connectivity index (χ3v) is 2.69. The van der Waals surface area contributed by atoms with Gasteiger partial charge in [0.25, 0.3) is 0 Å². The molecule has 0 saturated carbocycles. The Kier molecular flexibility index (Phi) is 4.07. The van der Waals surface area contributed by atoms with Crippen molar-refractivity contribution in [2.24, 2.45) is 5.73 Å². The van der Waals surface area contributed by atoms with Gasteiger partial charge in [0.05, 0.1) is 7.11 Å². The largest absolute Gasteiger partial charge is 0.467 e. The van der Waals surface area contributed by atoms with Crippen molar-refractivity contribution in [2.75, 3.05) is 7.11 Å². The molecule has 0 bridgehead atoms. The zero-order valence-corrected chi connectivity index (χ0v) is 10.0. The van der Waals surface area contributed by atoms with Crippen molar-refractivity contribution in [1.29, 1.82) is 0 Å². The normalized spacial score (nSPS) is 23.7. The summed E-state index contributed by atoms with van der Waals surface area (Å²) < 4.78 is 4.50. The van der Waals surface area contributed by atoms with Gasteiger partial charge in [0.1, 0.15) is 0 Å². The topological polar surface area (TPSA) is 89.6 Å². The molecule has 94 valence electrons. The number of aliphatic hydroxyl groups is 1. The molecule has 1 aliphatic rings. The molecule has 5 nitrogen and oxygen atoms in total. The average Bonchev–Trinajstić information content (AvgIpc) is 2.31. The number of esters is 1. The molecule has 0 heterocycles. The first-order valence-electron chi connectivity index (χ1n) is 5.46. The molecule has 1 atom stereocenters. The molecule has 0 aliphatic heterocycles. The second-order valence-corrected chi connectivity index (χ2v) is 4.03. The lowest BCUT2D eigenvalue weighted by Crippen LogP contribution is -2.41. The number of rotatable bonds is 4. The lowest BCUT2D eigenvalue weighted by Gasteiger charge is -2.26. The van der Waals surface area contributed by atoms with E-state index in [0.29, 0.717) is 24.1 Å². The van der Waals surface area contributed by atoms with Crippen LogP contribution in [0.3, 0.4) is 0 Å². The van der Waals surface area contributed by atoms with Crippen molar-refractivity contribution in [3.05, 3.63) is 23.4 Å². The van der Waals surface area contributed by atoms with E-state index in [1.165, 1.54) is 19.3 Å². The first-order valence-corrected chi connectivity index (χ1v) is 5.46. The standard InChI is InChI=1S/C12H17NO4/c1-3-4-10(14)8-7-12(16,11(15)17-2)6-5-9(8)13/h5-6,16H,3-4,7,13H2,1-2H3. The number of ketones is 1. The van der Waals surface area contributed by atoms with E-state index in [9.17, 15) is 14.7 Å². The summed E-state index contributed by atoms with van der Waals surface area (Å²) in [7, 11) is 1.18. The molecule has 0 radical (unpaired) electrons. The monoisotopic (exact) mass is 239 g/mol. The number of Topliss-reactive ketones (excluding diaryl/α,β-unsaturated/α-hetero) is 1. The lowest BCUT2D eigenvalue weighted by atomic mass is 9.85. The number of hydrogen-bond donors (Lipinski definition) is 2. The highest BCUT2D eigenvalue weighted by atomic mass is 16.5. The number of hydrogen-bond acceptors (Lipinski definition) is 5. The minimum absolute atomic E-state index is 0.124. The summed E-state index contributed by atoms with van der Waals surface area (Å²) in [6, 6.07) is 0. The fourth-order valence-corrected chi connectivity index (χ4v) is 1.71. The van der Waals surface area contributed by atoms with Gasteiger partial charge in [-0.2, -0.15) is 0 Å². The second kappa shape index (κ2) is 5.14. The summed E-state index contributed by atoms with van der Waals surface area (Å²) in [6.45, 7) is 1.87. The van der Waals surface area contributed by atoms with E-state index >= 15 is 0 Å². The first kappa shape index (κ1) is 13.4. The lowest BCUT2D eigenvalue weighted by molar-refractivity contribution is -0.157. The van der Waals surface area contributed by atoms with E-state index < -0.39 is 11.6 Å². The molecule has 1 aliphatic carbocycles. The summed E-state index contributed by atoms with van der Waals surface area (Å²) in [6.07, 6.45) is 3.55. The molecule has 5 heteroatoms. The van der Waals surface area contributed by atoms with Gasteiger partial charge in [0, 0.05) is 24.1 Å². The van der Waals surface area contributed by atoms with E-state index in [1.54, 1.807) is 0 Å². The van der Waals surface area contributed by atoms with E-state index in [-0.39, 0.29) is 12.2 Å². The van der Waals surface area contributed by atoms with Crippen LogP contribution < -0.4 is 5.73 Å². The fourth-order valence-electron chi connectivity index (χ4n) is 1.71. The fraction of sp³-hybridized carbons (Fsp3) is 0.500. The quantitative estimate of drug-likeness (QED) is 0.694. The van der Waals surface area contributed by atoms with Crippen LogP contribution in [0.2, 0.25) is 0 Å². The minimum Gasteiger partial charge on any atom is -0.467 e. The highest BCUT2D eigenvalue weighted by Gasteiger charge is 2.39. The molecular formula is C12H17NO4. The van der Waals surface area contributed by atoms with Crippen LogP contribution in [0.15, 0.2) is 23.4 Å². The van der Waals surface area contributed by atoms with Crippen LogP contribution in [0, 0.1) is 0 Å². The smallest absolute Gasteiger partial charge is 0.342 e. The van der Waals surface area contributed by atoms with Gasteiger partial charge in [0.15, 0.2) is 11.4 Å². The van der Waals surface area contributed by atoms with Crippen LogP contribution >= 0.6 is 0 Å². The number of carbonyl (C=O) groups is 2. The Hall–Kier alpha value is -1.62. The third-order valence-electron chi connectivity index (χ3n) is 2.69. The zero-order chi connectivity index (χ0) is 13.1. The molecular weight excluding hydrogens is 222 g/mol. The van der Waals surface area contributed by atoms with Gasteiger partial charge in [0.2, 0.25) is 0 Å². The highest BCUT2D eigenvalue weighted by Crippen LogP contribution is 2.27. The van der Waals surface area contributed by atoms with Crippen LogP contribution in [0.25, 0.3) is 0 Å². The predicted octanol–water partition coefficient (Wildman–Crippen LogP) is 0.432. The van der Waals surface area contributed by atoms with Crippen molar-refractivity contribution < 1.29 is 19.4 Å². The average molecular weight is 239 g/mol. The van der Waals surface area contributed by atoms with Crippen molar-refractivity contribution >= 4 is 11.8 Å². The van der Waals surface area contributed by atoms with Crippen LogP contribution in [-0.2, 0) is 14.3 Å². The molecule has 0 amide bonds. The van der Waals surface area contributed by atoms with Crippen LogP contribution in [-0.4, -0.2) is 29.6 Å². The predicted molar refractivity (Wildman–Crippen MR) is 61.9 cm³/mol. The number of carbonyl (C=O) groups excluding carboxylic acids is 2. The summed E-state index contributed by atoms with van der Waals surface area (Å²) in [5.74, 6) is -0.931. The summed E-state index contributed by atoms with van der Waals surface area (Å²) in [5, 5.41) is 10.0. The Balaban J connectivity index is 2.97. The maximum atomic E-state index is 11.8. The van der Waals surface area contributed by atoms with E-state index in [0.717, 1.165) is 0 Å². The summed E-state index contributed by atoms with van der Waals surface area (Å²) in [5.41, 5.74) is 4.50. The molecule has 17 heavy (non-hydrogen) atoms. The second-order valence-electron chi connectivity index (χ2n) is 4.03. The first-order chi connectivity index (χ1) is 7.94. The molecule has 1 unspecified atom stereocenters. The maximum Gasteiger partial charge on any atom is 0.342 e. The van der Waals surface area contributed by atoms with Gasteiger partial charge in [-0.3, -0.25) is 4.79 Å². The van der Waals surface area contributed by atoms with Gasteiger partial charge in [-0.15, -0.1) is 0 Å². The Bertz CT molecular complexity index is 397. The number of ether oxygens (including phenoxy) is 1. The third kappa shape index (κ3) is 2.74. The molecule has 0 saturated heterocycles. The van der Waals surface area contributed by atoms with Gasteiger partial charge in [-0.05, 0) is 18.6 Å². The highest BCUT2D eigenvalue weighted by molar-refractivity contribution is 5.98. The molecule has 0 spiro atoms. The van der Waals surface area contributed by atoms with E-state index in [2.05, 4.69) is 4.74 Å². The number of methoxy groups -OCH3 is 1. The van der Waals surface area contributed by atoms with Gasteiger partial charge in [-0.1, -0.05) is 6.92 Å². The number of allylic oxidation sites excluding steroid dienone is 1. The molecule has 0 aromatic rings. The maximum absolute atomic E-state index is 11.8. The Morgan fingerprint density at radius 2 is 2.24 bits per heavy atom. The zero-order valence-electron chi connectivity index (χ0n) is 10.0. The Morgan fingerprint density at radius 1 is 1.59 bits per heavy atom. The summed E-state index contributed by atoms with van der Waals surface area (Å²) in [4.78, 5) is 23.2. The van der Waals surface area contributed by atoms with Crippen molar-refractivity contribution in [1.82, 2.24) is 0 Å². The van der Waals surface area contributed by atoms with Gasteiger partial charge in [-0.25, -0.2) is 4.79 Å². The molecule has 1 rings (SSSR count). The summed E-state index contributed by atoms with van der Waals surface area (Å²) >= 11 is 0. The van der Waals surface area contributed by atoms with Crippen LogP contribution in [0.1, 0.15) is 26.2 Å². The van der Waals surface area contributed by atoms with Crippen LogP contribution in [0.5, 0.6) is 0 Å². The van der Waals surface area contributed by atoms with Gasteiger partial charge >= 0.3 is 5.97 Å². The Labute approximate surface area is 99.9 Å². The number of nitrogens with two attached hydrogens (primary N) is 1. The van der Waals surface area contributed by atoms with Crippen molar-refractivity contribution in [3.8, 4) is 0 Å². The van der Waals surface area contributed by atoms with E-state index in [1.807, 2.05) is 6.92 Å². The molecule has 0 fully saturated rings. The van der Waals surface area contributed by atoms with Gasteiger partial charge < -0.3 is 15.6 Å². The molecule has 0 aromatic heterocycles. The van der Waals surface area contributed by atoms with Crippen molar-refractivity contribution in [2.45, 2.75) is 31.8 Å².